The molecule has 2 aliphatic rings. The van der Waals surface area contributed by atoms with E-state index in [1.54, 1.807) is 7.11 Å². The number of likely N-dealkylation sites (tertiary alicyclic amines) is 1. The van der Waals surface area contributed by atoms with Crippen molar-refractivity contribution in [1.82, 2.24) is 9.80 Å². The molecule has 2 aromatic rings. The van der Waals surface area contributed by atoms with Gasteiger partial charge in [-0.1, -0.05) is 42.5 Å². The number of hydrogen-bond acceptors (Lipinski definition) is 4. The minimum Gasteiger partial charge on any atom is -0.497 e. The topological polar surface area (TPSA) is 24.9 Å². The third-order valence-electron chi connectivity index (χ3n) is 5.97. The first-order valence-corrected chi connectivity index (χ1v) is 10.1. The molecular formula is C23H30N2O2. The molecule has 0 aliphatic carbocycles. The highest BCUT2D eigenvalue weighted by Gasteiger charge is 2.38. The summed E-state index contributed by atoms with van der Waals surface area (Å²) in [4.78, 5) is 5.33. The number of ether oxygens (including phenoxy) is 2. The fourth-order valence-corrected chi connectivity index (χ4v) is 4.52. The summed E-state index contributed by atoms with van der Waals surface area (Å²) in [6, 6.07) is 20.6. The minimum atomic E-state index is 0.549. The molecule has 0 amide bonds. The van der Waals surface area contributed by atoms with Crippen LogP contribution in [0.2, 0.25) is 0 Å². The Morgan fingerprint density at radius 1 is 0.926 bits per heavy atom. The van der Waals surface area contributed by atoms with E-state index < -0.39 is 0 Å². The fourth-order valence-electron chi connectivity index (χ4n) is 4.52. The number of morpholine rings is 1. The van der Waals surface area contributed by atoms with Crippen molar-refractivity contribution in [2.45, 2.75) is 31.5 Å². The van der Waals surface area contributed by atoms with Gasteiger partial charge in [-0.3, -0.25) is 9.80 Å². The molecule has 2 aliphatic heterocycles. The molecule has 27 heavy (non-hydrogen) atoms. The maximum Gasteiger partial charge on any atom is 0.118 e. The molecular weight excluding hydrogens is 336 g/mol. The molecule has 2 fully saturated rings. The van der Waals surface area contributed by atoms with Crippen LogP contribution in [-0.4, -0.2) is 61.8 Å². The molecule has 0 N–H and O–H groups in total. The summed E-state index contributed by atoms with van der Waals surface area (Å²) in [6.07, 6.45) is 2.35. The predicted octanol–water partition coefficient (Wildman–Crippen LogP) is 3.21. The first-order chi connectivity index (χ1) is 13.3. The Morgan fingerprint density at radius 3 is 2.37 bits per heavy atom. The Bertz CT molecular complexity index is 698. The monoisotopic (exact) mass is 366 g/mol. The van der Waals surface area contributed by atoms with E-state index in [9.17, 15) is 0 Å². The summed E-state index contributed by atoms with van der Waals surface area (Å²) in [7, 11) is 1.72. The molecule has 2 heterocycles. The van der Waals surface area contributed by atoms with Gasteiger partial charge in [-0.25, -0.2) is 0 Å². The molecule has 4 nitrogen and oxygen atoms in total. The van der Waals surface area contributed by atoms with Crippen molar-refractivity contribution in [3.63, 3.8) is 0 Å². The molecule has 4 heteroatoms. The highest BCUT2D eigenvalue weighted by molar-refractivity contribution is 5.27. The van der Waals surface area contributed by atoms with E-state index in [2.05, 4.69) is 64.4 Å². The van der Waals surface area contributed by atoms with Crippen LogP contribution in [0.1, 0.15) is 17.5 Å². The lowest BCUT2D eigenvalue weighted by atomic mass is 9.98. The van der Waals surface area contributed by atoms with Crippen LogP contribution in [0.4, 0.5) is 0 Å². The zero-order chi connectivity index (χ0) is 18.5. The van der Waals surface area contributed by atoms with Gasteiger partial charge in [0.1, 0.15) is 5.75 Å². The van der Waals surface area contributed by atoms with E-state index in [0.717, 1.165) is 51.6 Å². The number of benzene rings is 2. The van der Waals surface area contributed by atoms with Crippen molar-refractivity contribution in [2.24, 2.45) is 0 Å². The predicted molar refractivity (Wildman–Crippen MR) is 108 cm³/mol. The van der Waals surface area contributed by atoms with Crippen molar-refractivity contribution in [1.29, 1.82) is 0 Å². The molecule has 0 bridgehead atoms. The van der Waals surface area contributed by atoms with Crippen LogP contribution in [0.15, 0.2) is 54.6 Å². The molecule has 0 unspecified atom stereocenters. The lowest BCUT2D eigenvalue weighted by Gasteiger charge is -2.37. The maximum absolute atomic E-state index is 5.59. The SMILES string of the molecule is COc1ccc(CN2CC[C@H](N3CCOCC3)[C@H]2Cc2ccccc2)cc1. The summed E-state index contributed by atoms with van der Waals surface area (Å²) >= 11 is 0. The molecule has 144 valence electrons. The van der Waals surface area contributed by atoms with Gasteiger partial charge in [0.25, 0.3) is 0 Å². The van der Waals surface area contributed by atoms with Gasteiger partial charge in [-0.05, 0) is 36.1 Å². The summed E-state index contributed by atoms with van der Waals surface area (Å²) in [6.45, 7) is 6.02. The molecule has 0 radical (unpaired) electrons. The van der Waals surface area contributed by atoms with Crippen LogP contribution in [0.25, 0.3) is 0 Å². The summed E-state index contributed by atoms with van der Waals surface area (Å²) < 4.78 is 10.9. The zero-order valence-corrected chi connectivity index (χ0v) is 16.2. The largest absolute Gasteiger partial charge is 0.497 e. The fraction of sp³-hybridized carbons (Fsp3) is 0.478. The normalized spacial score (nSPS) is 24.2. The molecule has 2 saturated heterocycles. The highest BCUT2D eigenvalue weighted by Crippen LogP contribution is 2.28. The summed E-state index contributed by atoms with van der Waals surface area (Å²) in [5.41, 5.74) is 2.79. The second-order valence-electron chi connectivity index (χ2n) is 7.58. The Kier molecular flexibility index (Phi) is 6.07. The molecule has 2 atom stereocenters. The van der Waals surface area contributed by atoms with E-state index in [1.165, 1.54) is 17.5 Å². The lowest BCUT2D eigenvalue weighted by molar-refractivity contribution is 0.00789. The number of hydrogen-bond donors (Lipinski definition) is 0. The zero-order valence-electron chi connectivity index (χ0n) is 16.2. The molecule has 0 spiro atoms. The Hall–Kier alpha value is -1.88. The van der Waals surface area contributed by atoms with E-state index >= 15 is 0 Å². The van der Waals surface area contributed by atoms with Crippen LogP contribution in [0.5, 0.6) is 5.75 Å². The van der Waals surface area contributed by atoms with Gasteiger partial charge < -0.3 is 9.47 Å². The van der Waals surface area contributed by atoms with Crippen molar-refractivity contribution >= 4 is 0 Å². The highest BCUT2D eigenvalue weighted by atomic mass is 16.5. The molecule has 2 aromatic carbocycles. The average Bonchev–Trinajstić information content (AvgIpc) is 3.12. The van der Waals surface area contributed by atoms with Gasteiger partial charge in [0.2, 0.25) is 0 Å². The summed E-state index contributed by atoms with van der Waals surface area (Å²) in [5.74, 6) is 0.923. The third kappa shape index (κ3) is 4.52. The molecule has 0 saturated carbocycles. The molecule has 0 aromatic heterocycles. The second kappa shape index (κ2) is 8.87. The van der Waals surface area contributed by atoms with Gasteiger partial charge in [0, 0.05) is 38.3 Å². The van der Waals surface area contributed by atoms with Crippen LogP contribution < -0.4 is 4.74 Å². The maximum atomic E-state index is 5.59. The standard InChI is InChI=1S/C23H30N2O2/c1-26-21-9-7-20(8-10-21)18-25-12-11-22(24-13-15-27-16-14-24)23(25)17-19-5-3-2-4-6-19/h2-10,22-23H,11-18H2,1H3/t22-,23+/m0/s1. The van der Waals surface area contributed by atoms with Gasteiger partial charge in [0.05, 0.1) is 20.3 Å². The summed E-state index contributed by atoms with van der Waals surface area (Å²) in [5, 5.41) is 0. The molecule has 4 rings (SSSR count). The van der Waals surface area contributed by atoms with Gasteiger partial charge in [0.15, 0.2) is 0 Å². The second-order valence-corrected chi connectivity index (χ2v) is 7.58. The van der Waals surface area contributed by atoms with Crippen LogP contribution >= 0.6 is 0 Å². The van der Waals surface area contributed by atoms with Gasteiger partial charge in [-0.2, -0.15) is 0 Å². The first kappa shape index (κ1) is 18.5. The van der Waals surface area contributed by atoms with Crippen molar-refractivity contribution < 1.29 is 9.47 Å². The van der Waals surface area contributed by atoms with Gasteiger partial charge in [-0.15, -0.1) is 0 Å². The van der Waals surface area contributed by atoms with E-state index in [1.807, 2.05) is 0 Å². The van der Waals surface area contributed by atoms with E-state index in [0.29, 0.717) is 12.1 Å². The Morgan fingerprint density at radius 2 is 1.67 bits per heavy atom. The third-order valence-corrected chi connectivity index (χ3v) is 5.97. The number of rotatable bonds is 6. The average molecular weight is 367 g/mol. The lowest BCUT2D eigenvalue weighted by Crippen LogP contribution is -2.50. The minimum absolute atomic E-state index is 0.549. The quantitative estimate of drug-likeness (QED) is 0.784. The van der Waals surface area contributed by atoms with Crippen molar-refractivity contribution in [2.75, 3.05) is 40.0 Å². The van der Waals surface area contributed by atoms with Gasteiger partial charge >= 0.3 is 0 Å². The van der Waals surface area contributed by atoms with Crippen LogP contribution in [0.3, 0.4) is 0 Å². The van der Waals surface area contributed by atoms with E-state index in [4.69, 9.17) is 9.47 Å². The Balaban J connectivity index is 1.51. The van der Waals surface area contributed by atoms with Crippen molar-refractivity contribution in [3.05, 3.63) is 65.7 Å². The van der Waals surface area contributed by atoms with Crippen LogP contribution in [0, 0.1) is 0 Å². The van der Waals surface area contributed by atoms with Crippen molar-refractivity contribution in [3.8, 4) is 5.75 Å². The first-order valence-electron chi connectivity index (χ1n) is 10.1. The van der Waals surface area contributed by atoms with Crippen LogP contribution in [-0.2, 0) is 17.7 Å². The van der Waals surface area contributed by atoms with E-state index in [-0.39, 0.29) is 0 Å². The number of nitrogens with zero attached hydrogens (tertiary/aromatic N) is 2. The Labute approximate surface area is 162 Å². The smallest absolute Gasteiger partial charge is 0.118 e. The number of methoxy groups -OCH3 is 1.